The number of aromatic amines is 1. The van der Waals surface area contributed by atoms with Crippen molar-refractivity contribution in [2.75, 3.05) is 5.32 Å². The highest BCUT2D eigenvalue weighted by Gasteiger charge is 2.13. The Morgan fingerprint density at radius 2 is 2.21 bits per heavy atom. The van der Waals surface area contributed by atoms with Crippen LogP contribution in [0.2, 0.25) is 0 Å². The van der Waals surface area contributed by atoms with Gasteiger partial charge in [0.15, 0.2) is 9.90 Å². The molecule has 8 heteroatoms. The Morgan fingerprint density at radius 1 is 1.42 bits per heavy atom. The summed E-state index contributed by atoms with van der Waals surface area (Å²) in [5, 5.41) is 10.4. The van der Waals surface area contributed by atoms with Crippen molar-refractivity contribution in [2.24, 2.45) is 0 Å². The van der Waals surface area contributed by atoms with Crippen LogP contribution in [-0.4, -0.2) is 25.7 Å². The molecule has 2 aromatic heterocycles. The Bertz CT molecular complexity index is 953. The van der Waals surface area contributed by atoms with Gasteiger partial charge in [0.1, 0.15) is 12.4 Å². The molecule has 2 N–H and O–H groups in total. The van der Waals surface area contributed by atoms with Crippen LogP contribution in [0.5, 0.6) is 0 Å². The molecule has 0 bridgehead atoms. The predicted octanol–water partition coefficient (Wildman–Crippen LogP) is 3.76. The predicted molar refractivity (Wildman–Crippen MR) is 99.1 cm³/mol. The van der Waals surface area contributed by atoms with E-state index in [0.717, 1.165) is 34.4 Å². The largest absolute Gasteiger partial charge is 0.300 e. The van der Waals surface area contributed by atoms with Crippen LogP contribution in [0.3, 0.4) is 0 Å². The standard InChI is InChI=1S/C16H19N5OS2/c1-4-5-12-19-20-16(23)21(12)8-13(22)17-15-18-14-10(3)6-9(2)7-11(14)24-15/h6-7H,4-5,8H2,1-3H3,(H,20,23)(H,17,18,22). The van der Waals surface area contributed by atoms with Gasteiger partial charge in [-0.2, -0.15) is 5.10 Å². The number of anilines is 1. The molecule has 6 nitrogen and oxygen atoms in total. The first-order valence-electron chi connectivity index (χ1n) is 7.79. The number of amides is 1. The fourth-order valence-electron chi connectivity index (χ4n) is 2.65. The maximum absolute atomic E-state index is 12.4. The molecule has 0 atom stereocenters. The molecule has 1 aromatic carbocycles. The van der Waals surface area contributed by atoms with E-state index in [0.29, 0.717) is 9.90 Å². The minimum absolute atomic E-state index is 0.138. The van der Waals surface area contributed by atoms with E-state index in [2.05, 4.69) is 46.5 Å². The summed E-state index contributed by atoms with van der Waals surface area (Å²) in [4.78, 5) is 16.9. The Kier molecular flexibility index (Phi) is 4.77. The monoisotopic (exact) mass is 361 g/mol. The topological polar surface area (TPSA) is 75.6 Å². The second-order valence-corrected chi connectivity index (χ2v) is 7.19. The number of carbonyl (C=O) groups is 1. The van der Waals surface area contributed by atoms with Gasteiger partial charge in [-0.05, 0) is 49.7 Å². The van der Waals surface area contributed by atoms with Crippen LogP contribution in [0.1, 0.15) is 30.3 Å². The fraction of sp³-hybridized carbons (Fsp3) is 0.375. The van der Waals surface area contributed by atoms with Crippen LogP contribution >= 0.6 is 23.6 Å². The minimum Gasteiger partial charge on any atom is -0.300 e. The van der Waals surface area contributed by atoms with Gasteiger partial charge in [0.05, 0.1) is 10.2 Å². The van der Waals surface area contributed by atoms with Gasteiger partial charge in [0, 0.05) is 6.42 Å². The lowest BCUT2D eigenvalue weighted by Crippen LogP contribution is -2.20. The molecule has 0 fully saturated rings. The number of hydrogen-bond donors (Lipinski definition) is 2. The summed E-state index contributed by atoms with van der Waals surface area (Å²) in [5.41, 5.74) is 3.24. The number of nitrogens with one attached hydrogen (secondary N) is 2. The summed E-state index contributed by atoms with van der Waals surface area (Å²) in [6.45, 7) is 6.29. The van der Waals surface area contributed by atoms with Crippen molar-refractivity contribution in [1.82, 2.24) is 19.7 Å². The molecule has 0 saturated carbocycles. The van der Waals surface area contributed by atoms with Crippen LogP contribution < -0.4 is 5.32 Å². The maximum Gasteiger partial charge on any atom is 0.246 e. The van der Waals surface area contributed by atoms with Crippen LogP contribution in [-0.2, 0) is 17.8 Å². The summed E-state index contributed by atoms with van der Waals surface area (Å²) < 4.78 is 3.27. The van der Waals surface area contributed by atoms with Gasteiger partial charge in [-0.25, -0.2) is 4.98 Å². The summed E-state index contributed by atoms with van der Waals surface area (Å²) in [7, 11) is 0. The lowest BCUT2D eigenvalue weighted by molar-refractivity contribution is -0.116. The molecule has 2 heterocycles. The molecule has 1 amide bonds. The summed E-state index contributed by atoms with van der Waals surface area (Å²) in [6.07, 6.45) is 1.72. The van der Waals surface area contributed by atoms with E-state index in [1.54, 1.807) is 4.57 Å². The van der Waals surface area contributed by atoms with E-state index in [9.17, 15) is 4.79 Å². The van der Waals surface area contributed by atoms with Crippen molar-refractivity contribution in [2.45, 2.75) is 40.2 Å². The smallest absolute Gasteiger partial charge is 0.246 e. The zero-order valence-corrected chi connectivity index (χ0v) is 15.5. The second-order valence-electron chi connectivity index (χ2n) is 5.78. The molecule has 0 aliphatic heterocycles. The molecule has 24 heavy (non-hydrogen) atoms. The van der Waals surface area contributed by atoms with Gasteiger partial charge in [0.2, 0.25) is 5.91 Å². The molecule has 0 spiro atoms. The quantitative estimate of drug-likeness (QED) is 0.679. The van der Waals surface area contributed by atoms with Crippen LogP contribution in [0.4, 0.5) is 5.13 Å². The number of thiazole rings is 1. The number of carbonyl (C=O) groups excluding carboxylic acids is 1. The number of benzene rings is 1. The highest BCUT2D eigenvalue weighted by atomic mass is 32.1. The average molecular weight is 361 g/mol. The SMILES string of the molecule is CCCc1n[nH]c(=S)n1CC(=O)Nc1nc2c(C)cc(C)cc2s1. The highest BCUT2D eigenvalue weighted by Crippen LogP contribution is 2.29. The zero-order valence-electron chi connectivity index (χ0n) is 13.8. The van der Waals surface area contributed by atoms with Crippen LogP contribution in [0.15, 0.2) is 12.1 Å². The first-order chi connectivity index (χ1) is 11.5. The molecule has 0 radical (unpaired) electrons. The summed E-state index contributed by atoms with van der Waals surface area (Å²) in [5.74, 6) is 0.645. The molecule has 3 aromatic rings. The van der Waals surface area contributed by atoms with Crippen molar-refractivity contribution < 1.29 is 4.79 Å². The Morgan fingerprint density at radius 3 is 2.96 bits per heavy atom. The third-order valence-corrected chi connectivity index (χ3v) is 4.92. The van der Waals surface area contributed by atoms with Crippen molar-refractivity contribution in [3.63, 3.8) is 0 Å². The van der Waals surface area contributed by atoms with Gasteiger partial charge >= 0.3 is 0 Å². The maximum atomic E-state index is 12.4. The Balaban J connectivity index is 1.79. The minimum atomic E-state index is -0.154. The van der Waals surface area contributed by atoms with Crippen molar-refractivity contribution >= 4 is 44.8 Å². The fourth-order valence-corrected chi connectivity index (χ4v) is 3.93. The number of hydrogen-bond acceptors (Lipinski definition) is 5. The lowest BCUT2D eigenvalue weighted by Gasteiger charge is -2.05. The number of nitrogens with zero attached hydrogens (tertiary/aromatic N) is 3. The molecule has 0 unspecified atom stereocenters. The second kappa shape index (κ2) is 6.82. The van der Waals surface area contributed by atoms with E-state index in [1.807, 2.05) is 6.92 Å². The lowest BCUT2D eigenvalue weighted by atomic mass is 10.1. The highest BCUT2D eigenvalue weighted by molar-refractivity contribution is 7.71. The average Bonchev–Trinajstić information content (AvgIpc) is 3.05. The van der Waals surface area contributed by atoms with Gasteiger partial charge in [0.25, 0.3) is 0 Å². The number of H-pyrrole nitrogens is 1. The molecule has 0 aliphatic rings. The van der Waals surface area contributed by atoms with E-state index < -0.39 is 0 Å². The molecule has 3 rings (SSSR count). The third kappa shape index (κ3) is 3.39. The molecular weight excluding hydrogens is 342 g/mol. The number of fused-ring (bicyclic) bond motifs is 1. The molecule has 126 valence electrons. The first kappa shape index (κ1) is 16.8. The summed E-state index contributed by atoms with van der Waals surface area (Å²) in [6, 6.07) is 4.18. The van der Waals surface area contributed by atoms with Gasteiger partial charge < -0.3 is 5.32 Å². The number of aromatic nitrogens is 4. The van der Waals surface area contributed by atoms with E-state index in [1.165, 1.54) is 16.9 Å². The zero-order chi connectivity index (χ0) is 17.3. The molecule has 0 aliphatic carbocycles. The van der Waals surface area contributed by atoms with Crippen molar-refractivity contribution in [1.29, 1.82) is 0 Å². The van der Waals surface area contributed by atoms with Gasteiger partial charge in [-0.3, -0.25) is 14.5 Å². The molecule has 0 saturated heterocycles. The van der Waals surface area contributed by atoms with Crippen molar-refractivity contribution in [3.05, 3.63) is 33.9 Å². The van der Waals surface area contributed by atoms with E-state index >= 15 is 0 Å². The van der Waals surface area contributed by atoms with E-state index in [4.69, 9.17) is 12.2 Å². The normalized spacial score (nSPS) is 11.1. The van der Waals surface area contributed by atoms with Gasteiger partial charge in [-0.1, -0.05) is 24.3 Å². The number of rotatable bonds is 5. The van der Waals surface area contributed by atoms with E-state index in [-0.39, 0.29) is 12.5 Å². The van der Waals surface area contributed by atoms with Crippen LogP contribution in [0.25, 0.3) is 10.2 Å². The summed E-state index contributed by atoms with van der Waals surface area (Å²) >= 11 is 6.69. The van der Waals surface area contributed by atoms with Crippen LogP contribution in [0, 0.1) is 18.6 Å². The number of aryl methyl sites for hydroxylation is 3. The Hall–Kier alpha value is -2.06. The van der Waals surface area contributed by atoms with Crippen molar-refractivity contribution in [3.8, 4) is 0 Å². The third-order valence-electron chi connectivity index (χ3n) is 3.69. The first-order valence-corrected chi connectivity index (χ1v) is 9.02. The van der Waals surface area contributed by atoms with Gasteiger partial charge in [-0.15, -0.1) is 0 Å². The Labute approximate surface area is 148 Å². The molecular formula is C16H19N5OS2.